The standard InChI is InChI=1S/C18H21ClN4OS/c1-20-12-13-8-10-23(11-9-13)18(24)15-6-7-17(22-21-15)25-16-5-3-2-4-14(16)19/h2-7,13,20H,8-12H2,1H3. The highest BCUT2D eigenvalue weighted by molar-refractivity contribution is 7.99. The van der Waals surface area contributed by atoms with Crippen molar-refractivity contribution in [1.82, 2.24) is 20.4 Å². The average molecular weight is 377 g/mol. The van der Waals surface area contributed by atoms with Crippen LogP contribution in [0, 0.1) is 5.92 Å². The van der Waals surface area contributed by atoms with E-state index in [4.69, 9.17) is 11.6 Å². The van der Waals surface area contributed by atoms with E-state index in [0.717, 1.165) is 42.4 Å². The van der Waals surface area contributed by atoms with Gasteiger partial charge in [-0.1, -0.05) is 35.5 Å². The highest BCUT2D eigenvalue weighted by Gasteiger charge is 2.24. The first-order chi connectivity index (χ1) is 12.2. The summed E-state index contributed by atoms with van der Waals surface area (Å²) in [5.74, 6) is 0.610. The minimum atomic E-state index is -0.0373. The Morgan fingerprint density at radius 1 is 1.24 bits per heavy atom. The number of halogens is 1. The van der Waals surface area contributed by atoms with Crippen molar-refractivity contribution in [3.63, 3.8) is 0 Å². The van der Waals surface area contributed by atoms with Crippen molar-refractivity contribution in [2.45, 2.75) is 22.8 Å². The van der Waals surface area contributed by atoms with Crippen molar-refractivity contribution in [2.75, 3.05) is 26.7 Å². The van der Waals surface area contributed by atoms with E-state index in [0.29, 0.717) is 16.6 Å². The fourth-order valence-electron chi connectivity index (χ4n) is 2.92. The Hall–Kier alpha value is -1.63. The molecular formula is C18H21ClN4OS. The number of hydrogen-bond donors (Lipinski definition) is 1. The Morgan fingerprint density at radius 3 is 2.64 bits per heavy atom. The molecular weight excluding hydrogens is 356 g/mol. The van der Waals surface area contributed by atoms with Crippen molar-refractivity contribution in [3.05, 3.63) is 47.1 Å². The number of piperidine rings is 1. The zero-order chi connectivity index (χ0) is 17.6. The molecule has 1 aliphatic heterocycles. The molecule has 1 fully saturated rings. The second-order valence-corrected chi connectivity index (χ2v) is 7.55. The molecule has 2 aromatic rings. The monoisotopic (exact) mass is 376 g/mol. The van der Waals surface area contributed by atoms with Crippen LogP contribution in [-0.2, 0) is 0 Å². The highest BCUT2D eigenvalue weighted by Crippen LogP contribution is 2.31. The maximum Gasteiger partial charge on any atom is 0.274 e. The summed E-state index contributed by atoms with van der Waals surface area (Å²) in [6, 6.07) is 11.2. The van der Waals surface area contributed by atoms with Gasteiger partial charge in [0.15, 0.2) is 5.69 Å². The molecule has 1 amide bonds. The van der Waals surface area contributed by atoms with Gasteiger partial charge in [-0.25, -0.2) is 0 Å². The first-order valence-electron chi connectivity index (χ1n) is 8.37. The Morgan fingerprint density at radius 2 is 2.00 bits per heavy atom. The molecule has 0 spiro atoms. The van der Waals surface area contributed by atoms with Crippen molar-refractivity contribution < 1.29 is 4.79 Å². The largest absolute Gasteiger partial charge is 0.337 e. The van der Waals surface area contributed by atoms with Crippen LogP contribution in [0.15, 0.2) is 46.3 Å². The third kappa shape index (κ3) is 4.71. The normalized spacial score (nSPS) is 15.4. The van der Waals surface area contributed by atoms with Gasteiger partial charge in [0.05, 0.1) is 5.02 Å². The van der Waals surface area contributed by atoms with Crippen molar-refractivity contribution in [2.24, 2.45) is 5.92 Å². The van der Waals surface area contributed by atoms with E-state index in [2.05, 4.69) is 15.5 Å². The number of carbonyl (C=O) groups excluding carboxylic acids is 1. The molecule has 132 valence electrons. The number of benzene rings is 1. The van der Waals surface area contributed by atoms with E-state index in [1.807, 2.05) is 42.3 Å². The number of nitrogens with one attached hydrogen (secondary N) is 1. The molecule has 1 aromatic heterocycles. The molecule has 1 N–H and O–H groups in total. The van der Waals surface area contributed by atoms with E-state index >= 15 is 0 Å². The van der Waals surface area contributed by atoms with Crippen LogP contribution in [-0.4, -0.2) is 47.7 Å². The Labute approximate surface area is 157 Å². The minimum absolute atomic E-state index is 0.0373. The van der Waals surface area contributed by atoms with Crippen LogP contribution >= 0.6 is 23.4 Å². The van der Waals surface area contributed by atoms with Gasteiger partial charge in [0.1, 0.15) is 5.03 Å². The number of amides is 1. The summed E-state index contributed by atoms with van der Waals surface area (Å²) in [5, 5.41) is 12.9. The molecule has 1 aliphatic rings. The van der Waals surface area contributed by atoms with Crippen LogP contribution in [0.3, 0.4) is 0 Å². The summed E-state index contributed by atoms with van der Waals surface area (Å²) in [4.78, 5) is 15.4. The molecule has 1 aromatic carbocycles. The summed E-state index contributed by atoms with van der Waals surface area (Å²) in [7, 11) is 1.97. The molecule has 0 saturated carbocycles. The zero-order valence-corrected chi connectivity index (χ0v) is 15.7. The lowest BCUT2D eigenvalue weighted by Crippen LogP contribution is -2.40. The molecule has 5 nitrogen and oxygen atoms in total. The summed E-state index contributed by atoms with van der Waals surface area (Å²) < 4.78 is 0. The van der Waals surface area contributed by atoms with Crippen LogP contribution in [0.5, 0.6) is 0 Å². The van der Waals surface area contributed by atoms with Crippen molar-refractivity contribution >= 4 is 29.3 Å². The van der Waals surface area contributed by atoms with Crippen LogP contribution in [0.2, 0.25) is 5.02 Å². The third-order valence-corrected chi connectivity index (χ3v) is 5.75. The molecule has 2 heterocycles. The van der Waals surface area contributed by atoms with Gasteiger partial charge in [-0.2, -0.15) is 0 Å². The number of carbonyl (C=O) groups is 1. The summed E-state index contributed by atoms with van der Waals surface area (Å²) in [5.41, 5.74) is 0.399. The van der Waals surface area contributed by atoms with E-state index in [-0.39, 0.29) is 5.91 Å². The van der Waals surface area contributed by atoms with Crippen LogP contribution in [0.1, 0.15) is 23.3 Å². The maximum atomic E-state index is 12.6. The van der Waals surface area contributed by atoms with E-state index in [1.165, 1.54) is 11.8 Å². The molecule has 0 aliphatic carbocycles. The Bertz CT molecular complexity index is 717. The lowest BCUT2D eigenvalue weighted by Gasteiger charge is -2.31. The fraction of sp³-hybridized carbons (Fsp3) is 0.389. The molecule has 0 atom stereocenters. The second kappa shape index (κ2) is 8.65. The topological polar surface area (TPSA) is 58.1 Å². The Balaban J connectivity index is 1.60. The molecule has 0 unspecified atom stereocenters. The van der Waals surface area contributed by atoms with Gasteiger partial charge in [0, 0.05) is 18.0 Å². The zero-order valence-electron chi connectivity index (χ0n) is 14.1. The summed E-state index contributed by atoms with van der Waals surface area (Å²) >= 11 is 7.60. The molecule has 7 heteroatoms. The van der Waals surface area contributed by atoms with Gasteiger partial charge >= 0.3 is 0 Å². The lowest BCUT2D eigenvalue weighted by atomic mass is 9.96. The van der Waals surface area contributed by atoms with E-state index < -0.39 is 0 Å². The smallest absolute Gasteiger partial charge is 0.274 e. The third-order valence-electron chi connectivity index (χ3n) is 4.30. The van der Waals surface area contributed by atoms with Gasteiger partial charge in [-0.15, -0.1) is 10.2 Å². The highest BCUT2D eigenvalue weighted by atomic mass is 35.5. The quantitative estimate of drug-likeness (QED) is 0.867. The lowest BCUT2D eigenvalue weighted by molar-refractivity contribution is 0.0683. The number of likely N-dealkylation sites (tertiary alicyclic amines) is 1. The van der Waals surface area contributed by atoms with Crippen molar-refractivity contribution in [1.29, 1.82) is 0 Å². The molecule has 3 rings (SSSR count). The van der Waals surface area contributed by atoms with Gasteiger partial charge < -0.3 is 10.2 Å². The predicted octanol–water partition coefficient (Wildman–Crippen LogP) is 3.35. The maximum absolute atomic E-state index is 12.6. The molecule has 25 heavy (non-hydrogen) atoms. The van der Waals surface area contributed by atoms with Crippen LogP contribution in [0.25, 0.3) is 0 Å². The first kappa shape index (κ1) is 18.2. The number of nitrogens with zero attached hydrogens (tertiary/aromatic N) is 3. The molecule has 0 radical (unpaired) electrons. The van der Waals surface area contributed by atoms with E-state index in [1.54, 1.807) is 6.07 Å². The van der Waals surface area contributed by atoms with Gasteiger partial charge in [0.2, 0.25) is 0 Å². The minimum Gasteiger partial charge on any atom is -0.337 e. The van der Waals surface area contributed by atoms with Gasteiger partial charge in [-0.3, -0.25) is 4.79 Å². The Kier molecular flexibility index (Phi) is 6.29. The molecule has 0 bridgehead atoms. The molecule has 1 saturated heterocycles. The van der Waals surface area contributed by atoms with Crippen molar-refractivity contribution in [3.8, 4) is 0 Å². The van der Waals surface area contributed by atoms with Crippen LogP contribution in [0.4, 0.5) is 0 Å². The van der Waals surface area contributed by atoms with Crippen LogP contribution < -0.4 is 5.32 Å². The average Bonchev–Trinajstić information content (AvgIpc) is 2.65. The van der Waals surface area contributed by atoms with E-state index in [9.17, 15) is 4.79 Å². The first-order valence-corrected chi connectivity index (χ1v) is 9.57. The van der Waals surface area contributed by atoms with Gasteiger partial charge in [-0.05, 0) is 56.6 Å². The second-order valence-electron chi connectivity index (χ2n) is 6.08. The number of rotatable bonds is 5. The summed E-state index contributed by atoms with van der Waals surface area (Å²) in [6.45, 7) is 2.57. The number of aromatic nitrogens is 2. The predicted molar refractivity (Wildman–Crippen MR) is 100 cm³/mol. The summed E-state index contributed by atoms with van der Waals surface area (Å²) in [6.07, 6.45) is 2.06. The van der Waals surface area contributed by atoms with Gasteiger partial charge in [0.25, 0.3) is 5.91 Å². The number of hydrogen-bond acceptors (Lipinski definition) is 5. The SMILES string of the molecule is CNCC1CCN(C(=O)c2ccc(Sc3ccccc3Cl)nn2)CC1. The fourth-order valence-corrected chi connectivity index (χ4v) is 3.93.